The zero-order chi connectivity index (χ0) is 102. The minimum absolute atomic E-state index is 0. The molecule has 0 bridgehead atoms. The summed E-state index contributed by atoms with van der Waals surface area (Å²) in [4.78, 5) is 11.9. The van der Waals surface area contributed by atoms with Gasteiger partial charge in [0.25, 0.3) is 0 Å². The number of carbonyl (C=O) groups is 1. The number of carbonyl (C=O) groups excluding carboxylic acids is 1. The normalized spacial score (nSPS) is 14.8. The van der Waals surface area contributed by atoms with Crippen LogP contribution in [0, 0.1) is 41.4 Å². The Bertz CT molecular complexity index is 3990. The number of aliphatic hydroxyl groups is 7. The van der Waals surface area contributed by atoms with E-state index in [0.717, 1.165) is 269 Å². The molecule has 0 aliphatic heterocycles. The number of hydrogen-bond donors (Lipinski definition) is 14. The first-order chi connectivity index (χ1) is 68.0. The standard InChI is InChI=1S/C21H35NO.C18H29NO2.2C18H31NO.2C17H27NO.C16H27NO.CH4/c1-3-8-18(14-17-10-5-6-11-17)16-22-20-13-7-12-19(15-20)21(23)9-4-2;1-4-8-17(20)15-9-7-10-16(13-15)19-14-18(21,11-5-2)12-6-3;2*1-4-8-15(9-5-2)14-19-17-12-7-11-16(13-17)18(20)10-6-3;2*1-2-7-17(19)15-10-6-11-16(12-15)18-13-14-8-4-3-5-9-14;1-4-8-16(18)14-9-7-10-15(11-14)17-12-13(5-2)6-3;/h7,12-13,15,17-18,21-23H,3-6,8-11,14,16H2,1-2H3;7,9-10,13,19,21H,4-6,8,11-12,14H2,1-3H3;2*7,11-13,15,18-20H,4-6,8-10,14H2,1-3H3;2*6,10-12,14,17-19H,2-5,7-9,13H2,1H3;7,9-11,13,16-18H,4-6,8,12H2,1-3H3;1H4. The molecule has 3 saturated carbocycles. The zero-order valence-electron chi connectivity index (χ0n) is 91.5. The summed E-state index contributed by atoms with van der Waals surface area (Å²) in [7, 11) is 0. The van der Waals surface area contributed by atoms with E-state index in [-0.39, 0.29) is 49.8 Å². The SMILES string of the molecule is C.CCCC(=O)c1cccc(NCC(O)(CCC)CCC)c1.CCCC(CCC)CNc1cccc(C(O)CCC)c1.CCCC(CCC)CNc1cccc(C(O)CCC)c1.CCCC(CNc1cccc(C(O)CCC)c1)CC1CCCC1.CCCC(O)c1cccc(NCC(CC)CC)c1.CCCC(O)c1cccc(NCC2CCCCC2)c1.CCCC(O)c1cccc(NCC2CCCCC2)c1. The van der Waals surface area contributed by atoms with Crippen LogP contribution >= 0.6 is 0 Å². The van der Waals surface area contributed by atoms with Gasteiger partial charge < -0.3 is 73.0 Å². The summed E-state index contributed by atoms with van der Waals surface area (Å²) in [6.45, 7) is 41.4. The summed E-state index contributed by atoms with van der Waals surface area (Å²) in [5.41, 5.74) is 14.0. The largest absolute Gasteiger partial charge is 0.388 e. The molecule has 14 N–H and O–H groups in total. The second kappa shape index (κ2) is 79.8. The fraction of sp³-hybridized carbons (Fsp3) is 0.659. The van der Waals surface area contributed by atoms with Crippen molar-refractivity contribution in [2.24, 2.45) is 41.4 Å². The van der Waals surface area contributed by atoms with Crippen molar-refractivity contribution in [1.29, 1.82) is 0 Å². The van der Waals surface area contributed by atoms with E-state index >= 15 is 0 Å². The van der Waals surface area contributed by atoms with E-state index < -0.39 is 5.60 Å². The molecule has 141 heavy (non-hydrogen) atoms. The summed E-state index contributed by atoms with van der Waals surface area (Å²) in [5, 5.41) is 95.5. The van der Waals surface area contributed by atoms with E-state index in [4.69, 9.17) is 0 Å². The van der Waals surface area contributed by atoms with Gasteiger partial charge in [0, 0.05) is 97.6 Å². The lowest BCUT2D eigenvalue weighted by molar-refractivity contribution is 0.0343. The van der Waals surface area contributed by atoms with Gasteiger partial charge in [-0.3, -0.25) is 4.79 Å². The average molecular weight is 1950 g/mol. The molecule has 7 unspecified atom stereocenters. The van der Waals surface area contributed by atoms with E-state index in [1.807, 2.05) is 97.9 Å². The van der Waals surface area contributed by atoms with E-state index in [1.165, 1.54) is 173 Å². The van der Waals surface area contributed by atoms with Crippen LogP contribution in [-0.2, 0) is 0 Å². The van der Waals surface area contributed by atoms with Crippen LogP contribution in [0.4, 0.5) is 39.8 Å². The Kier molecular flexibility index (Phi) is 72.2. The quantitative estimate of drug-likeness (QED) is 0.0159. The summed E-state index contributed by atoms with van der Waals surface area (Å²) >= 11 is 0. The fourth-order valence-electron chi connectivity index (χ4n) is 20.1. The van der Waals surface area contributed by atoms with Gasteiger partial charge >= 0.3 is 0 Å². The maximum absolute atomic E-state index is 11.9. The highest BCUT2D eigenvalue weighted by Crippen LogP contribution is 2.35. The second-order valence-electron chi connectivity index (χ2n) is 41.3. The van der Waals surface area contributed by atoms with Gasteiger partial charge in [0.05, 0.1) is 42.2 Å². The number of hydrogen-bond acceptors (Lipinski definition) is 15. The van der Waals surface area contributed by atoms with Crippen LogP contribution < -0.4 is 37.2 Å². The molecule has 3 aliphatic carbocycles. The molecular formula is C126H211N7O8. The van der Waals surface area contributed by atoms with Crippen LogP contribution in [-0.4, -0.2) is 92.9 Å². The molecule has 3 aliphatic rings. The third-order valence-corrected chi connectivity index (χ3v) is 28.5. The van der Waals surface area contributed by atoms with Crippen molar-refractivity contribution in [2.75, 3.05) is 83.0 Å². The van der Waals surface area contributed by atoms with Crippen molar-refractivity contribution < 1.29 is 40.5 Å². The number of anilines is 7. The van der Waals surface area contributed by atoms with Gasteiger partial charge in [-0.1, -0.05) is 364 Å². The van der Waals surface area contributed by atoms with Crippen LogP contribution in [0.15, 0.2) is 170 Å². The summed E-state index contributed by atoms with van der Waals surface area (Å²) < 4.78 is 0. The molecule has 0 heterocycles. The molecule has 7 atom stereocenters. The summed E-state index contributed by atoms with van der Waals surface area (Å²) in [6.07, 6.45) is 50.3. The van der Waals surface area contributed by atoms with Gasteiger partial charge in [0.2, 0.25) is 0 Å². The van der Waals surface area contributed by atoms with Crippen LogP contribution in [0.1, 0.15) is 488 Å². The van der Waals surface area contributed by atoms with Crippen LogP contribution in [0.2, 0.25) is 0 Å². The molecular weight excluding hydrogens is 1740 g/mol. The van der Waals surface area contributed by atoms with Crippen LogP contribution in [0.25, 0.3) is 0 Å². The third-order valence-electron chi connectivity index (χ3n) is 28.5. The molecule has 7 aromatic carbocycles. The van der Waals surface area contributed by atoms with E-state index in [2.05, 4.69) is 220 Å². The van der Waals surface area contributed by atoms with Gasteiger partial charge in [0.15, 0.2) is 5.78 Å². The minimum atomic E-state index is -0.660. The van der Waals surface area contributed by atoms with Crippen molar-refractivity contribution in [3.8, 4) is 0 Å². The Labute approximate surface area is 863 Å². The Morgan fingerprint density at radius 3 is 0.809 bits per heavy atom. The van der Waals surface area contributed by atoms with Gasteiger partial charge in [-0.25, -0.2) is 0 Å². The number of nitrogens with one attached hydrogen (secondary N) is 7. The van der Waals surface area contributed by atoms with Gasteiger partial charge in [-0.2, -0.15) is 0 Å². The molecule has 3 fully saturated rings. The topological polar surface area (TPSA) is 243 Å². The number of rotatable bonds is 60. The van der Waals surface area contributed by atoms with Crippen molar-refractivity contribution in [3.63, 3.8) is 0 Å². The molecule has 10 rings (SSSR count). The summed E-state index contributed by atoms with van der Waals surface area (Å²) in [6, 6.07) is 57.1. The average Bonchev–Trinajstić information content (AvgIpc) is 1.37. The van der Waals surface area contributed by atoms with Gasteiger partial charge in [-0.15, -0.1) is 0 Å². The first-order valence-electron chi connectivity index (χ1n) is 57.2. The number of aliphatic hydroxyl groups excluding tert-OH is 6. The van der Waals surface area contributed by atoms with Crippen molar-refractivity contribution in [3.05, 3.63) is 209 Å². The Hall–Kier alpha value is -7.47. The third kappa shape index (κ3) is 55.6. The lowest BCUT2D eigenvalue weighted by Gasteiger charge is -2.28. The number of benzene rings is 7. The highest BCUT2D eigenvalue weighted by Gasteiger charge is 2.26. The maximum atomic E-state index is 11.9. The van der Waals surface area contributed by atoms with Crippen LogP contribution in [0.3, 0.4) is 0 Å². The molecule has 0 aromatic heterocycles. The maximum Gasteiger partial charge on any atom is 0.162 e. The Morgan fingerprint density at radius 2 is 0.532 bits per heavy atom. The molecule has 15 nitrogen and oxygen atoms in total. The van der Waals surface area contributed by atoms with Crippen LogP contribution in [0.5, 0.6) is 0 Å². The lowest BCUT2D eigenvalue weighted by atomic mass is 9.89. The highest BCUT2D eigenvalue weighted by atomic mass is 16.3. The number of ketones is 1. The van der Waals surface area contributed by atoms with Gasteiger partial charge in [0.1, 0.15) is 0 Å². The predicted octanol–water partition coefficient (Wildman–Crippen LogP) is 34.7. The predicted molar refractivity (Wildman–Crippen MR) is 613 cm³/mol. The fourth-order valence-corrected chi connectivity index (χ4v) is 20.1. The molecule has 0 saturated heterocycles. The smallest absolute Gasteiger partial charge is 0.162 e. The first kappa shape index (κ1) is 128. The van der Waals surface area contributed by atoms with Crippen molar-refractivity contribution >= 4 is 45.6 Å². The molecule has 15 heteroatoms. The van der Waals surface area contributed by atoms with Crippen molar-refractivity contribution in [1.82, 2.24) is 0 Å². The zero-order valence-corrected chi connectivity index (χ0v) is 91.5. The lowest BCUT2D eigenvalue weighted by Crippen LogP contribution is -2.36. The second-order valence-corrected chi connectivity index (χ2v) is 41.3. The van der Waals surface area contributed by atoms with Gasteiger partial charge in [-0.05, 0) is 282 Å². The monoisotopic (exact) mass is 1950 g/mol. The number of Topliss-reactive ketones (excluding diaryl/α,β-unsaturated/α-hetero) is 1. The van der Waals surface area contributed by atoms with Crippen molar-refractivity contribution in [2.45, 2.75) is 449 Å². The molecule has 0 spiro atoms. The Balaban J connectivity index is 0.000000423. The van der Waals surface area contributed by atoms with E-state index in [0.29, 0.717) is 13.0 Å². The highest BCUT2D eigenvalue weighted by molar-refractivity contribution is 5.96. The summed E-state index contributed by atoms with van der Waals surface area (Å²) in [5.74, 6) is 5.84. The molecule has 0 amide bonds. The van der Waals surface area contributed by atoms with E-state index in [9.17, 15) is 40.5 Å². The first-order valence-corrected chi connectivity index (χ1v) is 57.2. The molecule has 798 valence electrons. The molecule has 0 radical (unpaired) electrons. The van der Waals surface area contributed by atoms with E-state index in [1.54, 1.807) is 0 Å². The minimum Gasteiger partial charge on any atom is -0.388 e. The Morgan fingerprint density at radius 1 is 0.284 bits per heavy atom. The molecule has 7 aromatic rings.